The van der Waals surface area contributed by atoms with Crippen molar-refractivity contribution >= 4 is 34.2 Å². The van der Waals surface area contributed by atoms with Crippen LogP contribution in [0.25, 0.3) is 16.7 Å². The number of hydrogen-bond acceptors (Lipinski definition) is 1. The van der Waals surface area contributed by atoms with Crippen molar-refractivity contribution in [2.45, 2.75) is 19.8 Å². The van der Waals surface area contributed by atoms with E-state index >= 15 is 0 Å². The van der Waals surface area contributed by atoms with Gasteiger partial charge in [-0.2, -0.15) is 0 Å². The average molecular weight is 319 g/mol. The molecule has 0 amide bonds. The van der Waals surface area contributed by atoms with Gasteiger partial charge in [-0.25, -0.2) is 4.98 Å². The number of rotatable bonds is 4. The van der Waals surface area contributed by atoms with Crippen LogP contribution in [0.3, 0.4) is 0 Å². The fourth-order valence-corrected chi connectivity index (χ4v) is 2.92. The second-order valence-corrected chi connectivity index (χ2v) is 5.72. The Bertz CT molecular complexity index is 760. The summed E-state index contributed by atoms with van der Waals surface area (Å²) in [5.74, 6) is 1.48. The first-order valence-corrected chi connectivity index (χ1v) is 7.97. The van der Waals surface area contributed by atoms with Gasteiger partial charge in [-0.3, -0.25) is 4.57 Å². The molecule has 0 radical (unpaired) electrons. The van der Waals surface area contributed by atoms with E-state index < -0.39 is 0 Å². The number of alkyl halides is 1. The van der Waals surface area contributed by atoms with Crippen LogP contribution in [0.2, 0.25) is 5.02 Å². The third kappa shape index (κ3) is 2.66. The van der Waals surface area contributed by atoms with Crippen molar-refractivity contribution < 1.29 is 0 Å². The number of para-hydroxylation sites is 1. The fourth-order valence-electron chi connectivity index (χ4n) is 2.53. The zero-order chi connectivity index (χ0) is 14.8. The average Bonchev–Trinajstić information content (AvgIpc) is 2.87. The molecule has 0 aliphatic carbocycles. The highest BCUT2D eigenvalue weighted by Crippen LogP contribution is 2.27. The van der Waals surface area contributed by atoms with E-state index in [2.05, 4.69) is 40.7 Å². The highest BCUT2D eigenvalue weighted by atomic mass is 35.5. The van der Waals surface area contributed by atoms with E-state index in [4.69, 9.17) is 23.2 Å². The fraction of sp³-hybridized carbons (Fsp3) is 0.235. The first-order valence-electron chi connectivity index (χ1n) is 7.05. The van der Waals surface area contributed by atoms with E-state index in [1.165, 1.54) is 5.56 Å². The summed E-state index contributed by atoms with van der Waals surface area (Å²) < 4.78 is 2.14. The number of imidazole rings is 1. The Morgan fingerprint density at radius 2 is 1.86 bits per heavy atom. The van der Waals surface area contributed by atoms with Crippen molar-refractivity contribution in [2.75, 3.05) is 5.88 Å². The molecule has 0 saturated carbocycles. The van der Waals surface area contributed by atoms with Gasteiger partial charge in [0.2, 0.25) is 0 Å². The van der Waals surface area contributed by atoms with E-state index in [-0.39, 0.29) is 0 Å². The molecule has 1 heterocycles. The van der Waals surface area contributed by atoms with E-state index in [1.54, 1.807) is 0 Å². The van der Waals surface area contributed by atoms with Gasteiger partial charge >= 0.3 is 0 Å². The summed E-state index contributed by atoms with van der Waals surface area (Å²) in [5.41, 5.74) is 4.27. The third-order valence-electron chi connectivity index (χ3n) is 3.63. The normalized spacial score (nSPS) is 11.2. The van der Waals surface area contributed by atoms with Crippen LogP contribution in [0.15, 0.2) is 42.5 Å². The Hall–Kier alpha value is -1.51. The van der Waals surface area contributed by atoms with Gasteiger partial charge in [0, 0.05) is 18.0 Å². The van der Waals surface area contributed by atoms with Crippen LogP contribution in [-0.2, 0) is 12.8 Å². The smallest absolute Gasteiger partial charge is 0.115 e. The minimum Gasteiger partial charge on any atom is -0.296 e. The molecule has 3 rings (SSSR count). The van der Waals surface area contributed by atoms with E-state index in [9.17, 15) is 0 Å². The number of hydrogen-bond donors (Lipinski definition) is 0. The van der Waals surface area contributed by atoms with Gasteiger partial charge in [-0.05, 0) is 36.2 Å². The predicted molar refractivity (Wildman–Crippen MR) is 89.9 cm³/mol. The van der Waals surface area contributed by atoms with Crippen LogP contribution in [0.1, 0.15) is 18.3 Å². The van der Waals surface area contributed by atoms with E-state index in [0.29, 0.717) is 17.3 Å². The highest BCUT2D eigenvalue weighted by Gasteiger charge is 2.13. The first kappa shape index (κ1) is 14.4. The minimum absolute atomic E-state index is 0.536. The molecule has 0 aliphatic heterocycles. The van der Waals surface area contributed by atoms with Gasteiger partial charge < -0.3 is 0 Å². The summed E-state index contributed by atoms with van der Waals surface area (Å²) in [6.07, 6.45) is 1.74. The lowest BCUT2D eigenvalue weighted by Gasteiger charge is -2.09. The number of nitrogens with zero attached hydrogens (tertiary/aromatic N) is 2. The van der Waals surface area contributed by atoms with Gasteiger partial charge in [0.25, 0.3) is 0 Å². The van der Waals surface area contributed by atoms with Crippen LogP contribution < -0.4 is 0 Å². The zero-order valence-electron chi connectivity index (χ0n) is 11.8. The lowest BCUT2D eigenvalue weighted by Crippen LogP contribution is -2.02. The molecule has 3 aromatic rings. The van der Waals surface area contributed by atoms with Crippen molar-refractivity contribution in [3.05, 3.63) is 58.9 Å². The highest BCUT2D eigenvalue weighted by molar-refractivity contribution is 6.35. The maximum Gasteiger partial charge on any atom is 0.115 e. The Labute approximate surface area is 134 Å². The Kier molecular flexibility index (Phi) is 4.18. The maximum absolute atomic E-state index is 6.27. The molecule has 1 aromatic heterocycles. The zero-order valence-corrected chi connectivity index (χ0v) is 13.3. The van der Waals surface area contributed by atoms with E-state index in [1.807, 2.05) is 18.2 Å². The van der Waals surface area contributed by atoms with Crippen LogP contribution >= 0.6 is 23.2 Å². The Morgan fingerprint density at radius 3 is 2.52 bits per heavy atom. The molecule has 108 valence electrons. The number of aromatic nitrogens is 2. The number of fused-ring (bicyclic) bond motifs is 1. The van der Waals surface area contributed by atoms with Gasteiger partial charge in [0.05, 0.1) is 10.5 Å². The number of halogens is 2. The van der Waals surface area contributed by atoms with Crippen LogP contribution in [0.4, 0.5) is 0 Å². The molecule has 21 heavy (non-hydrogen) atoms. The van der Waals surface area contributed by atoms with Crippen molar-refractivity contribution in [1.82, 2.24) is 9.55 Å². The van der Waals surface area contributed by atoms with Gasteiger partial charge in [0.15, 0.2) is 0 Å². The monoisotopic (exact) mass is 318 g/mol. The molecule has 0 bridgehead atoms. The topological polar surface area (TPSA) is 17.8 Å². The standard InChI is InChI=1S/C17H16Cl2N2/c1-2-12-6-8-13(9-7-12)21-15-5-3-4-14(19)17(15)20-16(21)10-11-18/h3-9H,2,10-11H2,1H3. The molecule has 0 aliphatic rings. The first-order chi connectivity index (χ1) is 10.2. The van der Waals surface area contributed by atoms with E-state index in [0.717, 1.165) is 29.0 Å². The molecular formula is C17H16Cl2N2. The predicted octanol–water partition coefficient (Wildman–Crippen LogP) is 5.02. The summed E-state index contributed by atoms with van der Waals surface area (Å²) in [4.78, 5) is 4.67. The molecular weight excluding hydrogens is 303 g/mol. The van der Waals surface area contributed by atoms with Crippen molar-refractivity contribution in [1.29, 1.82) is 0 Å². The van der Waals surface area contributed by atoms with Crippen LogP contribution in [-0.4, -0.2) is 15.4 Å². The summed E-state index contributed by atoms with van der Waals surface area (Å²) in [7, 11) is 0. The molecule has 2 aromatic carbocycles. The molecule has 2 nitrogen and oxygen atoms in total. The second-order valence-electron chi connectivity index (χ2n) is 4.93. The van der Waals surface area contributed by atoms with Crippen molar-refractivity contribution in [3.8, 4) is 5.69 Å². The van der Waals surface area contributed by atoms with Crippen molar-refractivity contribution in [2.24, 2.45) is 0 Å². The van der Waals surface area contributed by atoms with Crippen LogP contribution in [0.5, 0.6) is 0 Å². The molecule has 0 N–H and O–H groups in total. The largest absolute Gasteiger partial charge is 0.296 e. The molecule has 0 saturated heterocycles. The Morgan fingerprint density at radius 1 is 1.10 bits per heavy atom. The quantitative estimate of drug-likeness (QED) is 0.617. The summed E-state index contributed by atoms with van der Waals surface area (Å²) in [6, 6.07) is 14.4. The van der Waals surface area contributed by atoms with Crippen molar-refractivity contribution in [3.63, 3.8) is 0 Å². The maximum atomic E-state index is 6.27. The number of benzene rings is 2. The van der Waals surface area contributed by atoms with Gasteiger partial charge in [0.1, 0.15) is 11.3 Å². The molecule has 0 atom stereocenters. The SMILES string of the molecule is CCc1ccc(-n2c(CCCl)nc3c(Cl)cccc32)cc1. The van der Waals surface area contributed by atoms with Crippen LogP contribution in [0, 0.1) is 0 Å². The lowest BCUT2D eigenvalue weighted by atomic mass is 10.1. The molecule has 4 heteroatoms. The van der Waals surface area contributed by atoms with Gasteiger partial charge in [-0.1, -0.05) is 36.7 Å². The van der Waals surface area contributed by atoms with Gasteiger partial charge in [-0.15, -0.1) is 11.6 Å². The summed E-state index contributed by atoms with van der Waals surface area (Å²) in [6.45, 7) is 2.15. The molecule has 0 fully saturated rings. The summed E-state index contributed by atoms with van der Waals surface area (Å²) in [5, 5.41) is 0.673. The third-order valence-corrected chi connectivity index (χ3v) is 4.12. The minimum atomic E-state index is 0.536. The number of aryl methyl sites for hydroxylation is 2. The molecule has 0 unspecified atom stereocenters. The lowest BCUT2D eigenvalue weighted by molar-refractivity contribution is 0.911. The summed E-state index contributed by atoms with van der Waals surface area (Å²) >= 11 is 12.2. The Balaban J connectivity index is 2.22. The second kappa shape index (κ2) is 6.08. The molecule has 0 spiro atoms.